The number of rotatable bonds is 4. The van der Waals surface area contributed by atoms with Crippen LogP contribution < -0.4 is 10.2 Å². The van der Waals surface area contributed by atoms with Crippen molar-refractivity contribution in [3.8, 4) is 0 Å². The van der Waals surface area contributed by atoms with E-state index in [1.54, 1.807) is 23.2 Å². The quantitative estimate of drug-likeness (QED) is 0.825. The van der Waals surface area contributed by atoms with Crippen LogP contribution in [-0.2, 0) is 9.59 Å². The summed E-state index contributed by atoms with van der Waals surface area (Å²) < 4.78 is 0. The normalized spacial score (nSPS) is 21.2. The predicted octanol–water partition coefficient (Wildman–Crippen LogP) is 0.807. The summed E-state index contributed by atoms with van der Waals surface area (Å²) in [5.74, 6) is -1.46. The molecule has 1 saturated carbocycles. The van der Waals surface area contributed by atoms with Gasteiger partial charge in [-0.1, -0.05) is 0 Å². The summed E-state index contributed by atoms with van der Waals surface area (Å²) >= 11 is 0. The highest BCUT2D eigenvalue weighted by Crippen LogP contribution is 2.39. The molecule has 6 heteroatoms. The van der Waals surface area contributed by atoms with Crippen molar-refractivity contribution < 1.29 is 14.7 Å². The molecule has 0 bridgehead atoms. The largest absolute Gasteiger partial charge is 0.481 e. The Kier molecular flexibility index (Phi) is 3.18. The van der Waals surface area contributed by atoms with Crippen molar-refractivity contribution in [2.24, 2.45) is 11.8 Å². The van der Waals surface area contributed by atoms with Gasteiger partial charge in [0.15, 0.2) is 5.82 Å². The first-order valence-corrected chi connectivity index (χ1v) is 5.66. The number of aromatic nitrogens is 1. The van der Waals surface area contributed by atoms with Gasteiger partial charge in [-0.2, -0.15) is 0 Å². The summed E-state index contributed by atoms with van der Waals surface area (Å²) in [6, 6.07) is 3.47. The van der Waals surface area contributed by atoms with Crippen molar-refractivity contribution in [3.05, 3.63) is 18.3 Å². The highest BCUT2D eigenvalue weighted by Gasteiger charge is 2.48. The molecule has 1 amide bonds. The molecule has 96 valence electrons. The minimum Gasteiger partial charge on any atom is -0.481 e. The molecule has 0 saturated heterocycles. The van der Waals surface area contributed by atoms with Crippen LogP contribution in [0.4, 0.5) is 11.5 Å². The molecule has 1 aliphatic carbocycles. The number of carbonyl (C=O) groups is 2. The molecular formula is C12H15N3O3. The van der Waals surface area contributed by atoms with E-state index in [-0.39, 0.29) is 5.91 Å². The summed E-state index contributed by atoms with van der Waals surface area (Å²) in [4.78, 5) is 28.5. The third-order valence-corrected chi connectivity index (χ3v) is 2.91. The Labute approximate surface area is 105 Å². The maximum Gasteiger partial charge on any atom is 0.307 e. The molecule has 1 aromatic heterocycles. The van der Waals surface area contributed by atoms with E-state index in [1.165, 1.54) is 0 Å². The van der Waals surface area contributed by atoms with Gasteiger partial charge in [-0.25, -0.2) is 4.98 Å². The van der Waals surface area contributed by atoms with E-state index in [1.807, 2.05) is 14.1 Å². The van der Waals surface area contributed by atoms with E-state index in [4.69, 9.17) is 5.11 Å². The molecule has 1 heterocycles. The summed E-state index contributed by atoms with van der Waals surface area (Å²) in [7, 11) is 3.66. The molecule has 1 aromatic rings. The van der Waals surface area contributed by atoms with Crippen molar-refractivity contribution in [2.75, 3.05) is 24.3 Å². The third kappa shape index (κ3) is 2.42. The van der Waals surface area contributed by atoms with E-state index >= 15 is 0 Å². The first-order valence-electron chi connectivity index (χ1n) is 5.66. The van der Waals surface area contributed by atoms with Gasteiger partial charge in [0.2, 0.25) is 5.91 Å². The van der Waals surface area contributed by atoms with E-state index in [2.05, 4.69) is 10.3 Å². The maximum atomic E-state index is 11.8. The number of carboxylic acid groups (broad SMARTS) is 1. The molecule has 2 atom stereocenters. The fourth-order valence-corrected chi connectivity index (χ4v) is 1.83. The Morgan fingerprint density at radius 1 is 1.44 bits per heavy atom. The van der Waals surface area contributed by atoms with Gasteiger partial charge in [0.1, 0.15) is 0 Å². The third-order valence-electron chi connectivity index (χ3n) is 2.91. The summed E-state index contributed by atoms with van der Waals surface area (Å²) in [6.07, 6.45) is 2.06. The Hall–Kier alpha value is -2.11. The van der Waals surface area contributed by atoms with Crippen LogP contribution in [0.5, 0.6) is 0 Å². The lowest BCUT2D eigenvalue weighted by molar-refractivity contribution is -0.139. The number of carbonyl (C=O) groups excluding carboxylic acids is 1. The molecule has 0 spiro atoms. The van der Waals surface area contributed by atoms with Gasteiger partial charge < -0.3 is 15.3 Å². The van der Waals surface area contributed by atoms with Crippen LogP contribution in [0.25, 0.3) is 0 Å². The number of pyridine rings is 1. The van der Waals surface area contributed by atoms with Gasteiger partial charge in [-0.15, -0.1) is 0 Å². The Morgan fingerprint density at radius 3 is 2.72 bits per heavy atom. The number of nitrogens with one attached hydrogen (secondary N) is 1. The maximum absolute atomic E-state index is 11.8. The predicted molar refractivity (Wildman–Crippen MR) is 66.4 cm³/mol. The van der Waals surface area contributed by atoms with Gasteiger partial charge in [0.05, 0.1) is 17.5 Å². The Morgan fingerprint density at radius 2 is 2.17 bits per heavy atom. The first kappa shape index (κ1) is 12.3. The zero-order valence-corrected chi connectivity index (χ0v) is 10.3. The van der Waals surface area contributed by atoms with E-state index < -0.39 is 17.8 Å². The molecule has 1 fully saturated rings. The number of amides is 1. The lowest BCUT2D eigenvalue weighted by atomic mass is 10.3. The van der Waals surface area contributed by atoms with Crippen LogP contribution in [0.1, 0.15) is 6.42 Å². The zero-order chi connectivity index (χ0) is 13.3. The fourth-order valence-electron chi connectivity index (χ4n) is 1.83. The number of nitrogens with zero attached hydrogens (tertiary/aromatic N) is 2. The highest BCUT2D eigenvalue weighted by atomic mass is 16.4. The van der Waals surface area contributed by atoms with Crippen LogP contribution in [0, 0.1) is 11.8 Å². The van der Waals surface area contributed by atoms with Crippen molar-refractivity contribution in [3.63, 3.8) is 0 Å². The van der Waals surface area contributed by atoms with E-state index in [9.17, 15) is 9.59 Å². The van der Waals surface area contributed by atoms with Crippen LogP contribution in [0.15, 0.2) is 18.3 Å². The molecule has 2 rings (SSSR count). The monoisotopic (exact) mass is 249 g/mol. The van der Waals surface area contributed by atoms with Gasteiger partial charge in [0.25, 0.3) is 0 Å². The Bertz CT molecular complexity index is 487. The second-order valence-electron chi connectivity index (χ2n) is 4.55. The van der Waals surface area contributed by atoms with Crippen LogP contribution in [0.3, 0.4) is 0 Å². The minimum atomic E-state index is -0.908. The highest BCUT2D eigenvalue weighted by molar-refractivity contribution is 5.99. The van der Waals surface area contributed by atoms with Gasteiger partial charge in [-0.05, 0) is 18.6 Å². The van der Waals surface area contributed by atoms with Crippen molar-refractivity contribution in [1.82, 2.24) is 4.98 Å². The molecular weight excluding hydrogens is 234 g/mol. The lowest BCUT2D eigenvalue weighted by Gasteiger charge is -2.16. The number of aliphatic carboxylic acids is 1. The van der Waals surface area contributed by atoms with Crippen molar-refractivity contribution >= 4 is 23.4 Å². The SMILES string of the molecule is CN(C)c1ncccc1NC(=O)[C@@H]1C[C@@H]1C(=O)O. The summed E-state index contributed by atoms with van der Waals surface area (Å²) in [6.45, 7) is 0. The molecule has 0 unspecified atom stereocenters. The second-order valence-corrected chi connectivity index (χ2v) is 4.55. The van der Waals surface area contributed by atoms with Gasteiger partial charge in [-0.3, -0.25) is 9.59 Å². The average molecular weight is 249 g/mol. The number of hydrogen-bond acceptors (Lipinski definition) is 4. The van der Waals surface area contributed by atoms with Gasteiger partial charge in [0, 0.05) is 20.3 Å². The molecule has 1 aliphatic rings. The van der Waals surface area contributed by atoms with Crippen molar-refractivity contribution in [2.45, 2.75) is 6.42 Å². The fraction of sp³-hybridized carbons (Fsp3) is 0.417. The van der Waals surface area contributed by atoms with Crippen LogP contribution >= 0.6 is 0 Å². The van der Waals surface area contributed by atoms with E-state index in [0.29, 0.717) is 17.9 Å². The summed E-state index contributed by atoms with van der Waals surface area (Å²) in [5.41, 5.74) is 0.600. The zero-order valence-electron chi connectivity index (χ0n) is 10.3. The molecule has 0 radical (unpaired) electrons. The van der Waals surface area contributed by atoms with E-state index in [0.717, 1.165) is 0 Å². The number of carboxylic acids is 1. The van der Waals surface area contributed by atoms with Crippen molar-refractivity contribution in [1.29, 1.82) is 0 Å². The topological polar surface area (TPSA) is 82.5 Å². The second kappa shape index (κ2) is 4.64. The lowest BCUT2D eigenvalue weighted by Crippen LogP contribution is -2.20. The van der Waals surface area contributed by atoms with Crippen LogP contribution in [-0.4, -0.2) is 36.1 Å². The average Bonchev–Trinajstić information content (AvgIpc) is 3.09. The molecule has 18 heavy (non-hydrogen) atoms. The summed E-state index contributed by atoms with van der Waals surface area (Å²) in [5, 5.41) is 11.5. The Balaban J connectivity index is 2.06. The van der Waals surface area contributed by atoms with Gasteiger partial charge >= 0.3 is 5.97 Å². The first-order chi connectivity index (χ1) is 8.50. The van der Waals surface area contributed by atoms with Crippen LogP contribution in [0.2, 0.25) is 0 Å². The number of anilines is 2. The standard InChI is InChI=1S/C12H15N3O3/c1-15(2)10-9(4-3-5-13-10)14-11(16)7-6-8(7)12(17)18/h3-5,7-8H,6H2,1-2H3,(H,14,16)(H,17,18)/t7-,8+/m1/s1. The molecule has 6 nitrogen and oxygen atoms in total. The molecule has 0 aliphatic heterocycles. The molecule has 0 aromatic carbocycles. The smallest absolute Gasteiger partial charge is 0.307 e. The minimum absolute atomic E-state index is 0.251. The molecule has 2 N–H and O–H groups in total. The number of hydrogen-bond donors (Lipinski definition) is 2.